The minimum atomic E-state index is -0.659. The summed E-state index contributed by atoms with van der Waals surface area (Å²) < 4.78 is 19.9. The fraction of sp³-hybridized carbons (Fsp3) is 0.625. The summed E-state index contributed by atoms with van der Waals surface area (Å²) >= 11 is 0. The van der Waals surface area contributed by atoms with E-state index in [1.54, 1.807) is 0 Å². The molecule has 0 spiro atoms. The van der Waals surface area contributed by atoms with Crippen LogP contribution in [0.2, 0.25) is 0 Å². The number of fused-ring (bicyclic) bond motifs is 2. The minimum Gasteiger partial charge on any atom is -0.487 e. The molecule has 0 radical (unpaired) electrons. The van der Waals surface area contributed by atoms with Gasteiger partial charge in [0.25, 0.3) is 5.69 Å². The molecule has 1 aromatic rings. The molecular formula is C16H20FNO3. The van der Waals surface area contributed by atoms with Gasteiger partial charge in [0, 0.05) is 11.5 Å². The largest absolute Gasteiger partial charge is 0.487 e. The Hall–Kier alpha value is -1.65. The Kier molecular flexibility index (Phi) is 3.01. The third kappa shape index (κ3) is 1.93. The molecular weight excluding hydrogens is 273 g/mol. The number of rotatable bonds is 3. The molecule has 0 unspecified atom stereocenters. The van der Waals surface area contributed by atoms with E-state index in [0.717, 1.165) is 18.9 Å². The van der Waals surface area contributed by atoms with Crippen LogP contribution in [0, 0.1) is 32.7 Å². The van der Waals surface area contributed by atoms with Gasteiger partial charge in [-0.1, -0.05) is 20.8 Å². The van der Waals surface area contributed by atoms with Gasteiger partial charge in [-0.2, -0.15) is 0 Å². The molecule has 0 saturated heterocycles. The van der Waals surface area contributed by atoms with E-state index in [9.17, 15) is 14.5 Å². The van der Waals surface area contributed by atoms with Gasteiger partial charge in [-0.25, -0.2) is 4.39 Å². The summed E-state index contributed by atoms with van der Waals surface area (Å²) in [6.45, 7) is 6.74. The quantitative estimate of drug-likeness (QED) is 0.615. The summed E-state index contributed by atoms with van der Waals surface area (Å²) in [7, 11) is 0. The molecule has 2 saturated carbocycles. The molecule has 2 aliphatic carbocycles. The molecule has 2 fully saturated rings. The van der Waals surface area contributed by atoms with Crippen molar-refractivity contribution < 1.29 is 14.1 Å². The number of nitro benzene ring substituents is 1. The Morgan fingerprint density at radius 2 is 2.10 bits per heavy atom. The summed E-state index contributed by atoms with van der Waals surface area (Å²) in [5, 5.41) is 10.6. The van der Waals surface area contributed by atoms with Crippen molar-refractivity contribution in [2.24, 2.45) is 16.7 Å². The molecule has 0 amide bonds. The van der Waals surface area contributed by atoms with E-state index in [2.05, 4.69) is 20.8 Å². The second-order valence-corrected chi connectivity index (χ2v) is 7.09. The van der Waals surface area contributed by atoms with E-state index >= 15 is 0 Å². The fourth-order valence-electron chi connectivity index (χ4n) is 4.16. The molecule has 4 nitrogen and oxygen atoms in total. The Morgan fingerprint density at radius 3 is 2.57 bits per heavy atom. The highest BCUT2D eigenvalue weighted by Gasteiger charge is 2.62. The first kappa shape index (κ1) is 14.3. The summed E-state index contributed by atoms with van der Waals surface area (Å²) in [4.78, 5) is 10.0. The van der Waals surface area contributed by atoms with E-state index in [1.165, 1.54) is 18.6 Å². The molecule has 3 rings (SSSR count). The zero-order chi connectivity index (χ0) is 15.4. The van der Waals surface area contributed by atoms with E-state index in [1.807, 2.05) is 0 Å². The zero-order valence-corrected chi connectivity index (χ0v) is 12.6. The second-order valence-electron chi connectivity index (χ2n) is 7.09. The third-order valence-electron chi connectivity index (χ3n) is 6.11. The summed E-state index contributed by atoms with van der Waals surface area (Å²) in [5.41, 5.74) is -0.0276. The molecule has 21 heavy (non-hydrogen) atoms. The summed E-state index contributed by atoms with van der Waals surface area (Å²) in [6, 6.07) is 3.59. The first-order valence-corrected chi connectivity index (χ1v) is 7.36. The van der Waals surface area contributed by atoms with Gasteiger partial charge in [0.1, 0.15) is 6.10 Å². The van der Waals surface area contributed by atoms with E-state index in [0.29, 0.717) is 5.92 Å². The smallest absolute Gasteiger partial charge is 0.272 e. The highest BCUT2D eigenvalue weighted by Crippen LogP contribution is 2.66. The number of ether oxygens (including phenoxy) is 1. The standard InChI is InChI=1S/C16H20FNO3/c1-15(2)10-6-7-16(15,3)14(8-10)21-13-5-4-11(18(19)20)9-12(13)17/h4-5,9-10,14H,6-8H2,1-3H3/t10-,14+,16+/m0/s1. The van der Waals surface area contributed by atoms with Crippen molar-refractivity contribution in [2.45, 2.75) is 46.1 Å². The van der Waals surface area contributed by atoms with E-state index in [4.69, 9.17) is 4.74 Å². The van der Waals surface area contributed by atoms with Gasteiger partial charge >= 0.3 is 0 Å². The third-order valence-corrected chi connectivity index (χ3v) is 6.11. The lowest BCUT2D eigenvalue weighted by Crippen LogP contribution is -2.39. The van der Waals surface area contributed by atoms with Gasteiger partial charge < -0.3 is 4.74 Å². The molecule has 0 aromatic heterocycles. The fourth-order valence-corrected chi connectivity index (χ4v) is 4.16. The molecule has 0 aliphatic heterocycles. The summed E-state index contributed by atoms with van der Waals surface area (Å²) in [6.07, 6.45) is 3.19. The predicted octanol–water partition coefficient (Wildman–Crippen LogP) is 4.33. The number of nitro groups is 1. The number of nitrogens with zero attached hydrogens (tertiary/aromatic N) is 1. The zero-order valence-electron chi connectivity index (χ0n) is 12.6. The lowest BCUT2D eigenvalue weighted by molar-refractivity contribution is -0.385. The summed E-state index contributed by atoms with van der Waals surface area (Å²) in [5.74, 6) is 0.0668. The van der Waals surface area contributed by atoms with Crippen molar-refractivity contribution in [1.29, 1.82) is 0 Å². The van der Waals surface area contributed by atoms with Crippen LogP contribution in [-0.4, -0.2) is 11.0 Å². The number of hydrogen-bond acceptors (Lipinski definition) is 3. The van der Waals surface area contributed by atoms with Crippen LogP contribution in [0.3, 0.4) is 0 Å². The number of benzene rings is 1. The maximum atomic E-state index is 14.0. The molecule has 2 aliphatic rings. The highest BCUT2D eigenvalue weighted by atomic mass is 19.1. The van der Waals surface area contributed by atoms with Crippen molar-refractivity contribution in [1.82, 2.24) is 0 Å². The molecule has 0 heterocycles. The number of halogens is 1. The van der Waals surface area contributed by atoms with Crippen LogP contribution in [-0.2, 0) is 0 Å². The average Bonchev–Trinajstić information content (AvgIpc) is 2.74. The van der Waals surface area contributed by atoms with E-state index in [-0.39, 0.29) is 28.4 Å². The van der Waals surface area contributed by atoms with Crippen molar-refractivity contribution in [2.75, 3.05) is 0 Å². The topological polar surface area (TPSA) is 52.4 Å². The van der Waals surface area contributed by atoms with Gasteiger partial charge in [-0.3, -0.25) is 10.1 Å². The van der Waals surface area contributed by atoms with E-state index < -0.39 is 10.7 Å². The number of hydrogen-bond donors (Lipinski definition) is 0. The second kappa shape index (κ2) is 4.42. The molecule has 3 atom stereocenters. The van der Waals surface area contributed by atoms with Crippen LogP contribution >= 0.6 is 0 Å². The normalized spacial score (nSPS) is 33.1. The maximum Gasteiger partial charge on any atom is 0.272 e. The maximum absolute atomic E-state index is 14.0. The van der Waals surface area contributed by atoms with Crippen LogP contribution in [0.5, 0.6) is 5.75 Å². The SMILES string of the molecule is CC1(C)[C@H]2CC[C@]1(C)[C@H](Oc1ccc([N+](=O)[O-])cc1F)C2. The Balaban J connectivity index is 1.84. The van der Waals surface area contributed by atoms with Crippen LogP contribution < -0.4 is 4.74 Å². The Bertz CT molecular complexity index is 601. The van der Waals surface area contributed by atoms with Gasteiger partial charge in [-0.05, 0) is 36.7 Å². The van der Waals surface area contributed by atoms with Crippen LogP contribution in [0.15, 0.2) is 18.2 Å². The highest BCUT2D eigenvalue weighted by molar-refractivity contribution is 5.38. The molecule has 114 valence electrons. The molecule has 0 N–H and O–H groups in total. The number of non-ortho nitro benzene ring substituents is 1. The lowest BCUT2D eigenvalue weighted by atomic mass is 9.70. The van der Waals surface area contributed by atoms with Crippen LogP contribution in [0.25, 0.3) is 0 Å². The Labute approximate surface area is 123 Å². The van der Waals surface area contributed by atoms with Crippen molar-refractivity contribution >= 4 is 5.69 Å². The minimum absolute atomic E-state index is 0.0257. The van der Waals surface area contributed by atoms with Crippen molar-refractivity contribution in [3.63, 3.8) is 0 Å². The van der Waals surface area contributed by atoms with Gasteiger partial charge in [-0.15, -0.1) is 0 Å². The van der Waals surface area contributed by atoms with Crippen LogP contribution in [0.1, 0.15) is 40.0 Å². The average molecular weight is 293 g/mol. The first-order chi connectivity index (χ1) is 9.75. The monoisotopic (exact) mass is 293 g/mol. The van der Waals surface area contributed by atoms with Gasteiger partial charge in [0.15, 0.2) is 11.6 Å². The van der Waals surface area contributed by atoms with Crippen molar-refractivity contribution in [3.05, 3.63) is 34.1 Å². The van der Waals surface area contributed by atoms with Gasteiger partial charge in [0.05, 0.1) is 11.0 Å². The molecule has 5 heteroatoms. The molecule has 1 aromatic carbocycles. The van der Waals surface area contributed by atoms with Crippen LogP contribution in [0.4, 0.5) is 10.1 Å². The van der Waals surface area contributed by atoms with Crippen molar-refractivity contribution in [3.8, 4) is 5.75 Å². The first-order valence-electron chi connectivity index (χ1n) is 7.36. The Morgan fingerprint density at radius 1 is 1.38 bits per heavy atom. The predicted molar refractivity (Wildman–Crippen MR) is 76.7 cm³/mol. The van der Waals surface area contributed by atoms with Gasteiger partial charge in [0.2, 0.25) is 0 Å². The molecule has 2 bridgehead atoms. The lowest BCUT2D eigenvalue weighted by Gasteiger charge is -2.38.